The van der Waals surface area contributed by atoms with Gasteiger partial charge in [-0.05, 0) is 74.6 Å². The molecule has 1 aromatic rings. The fourth-order valence-corrected chi connectivity index (χ4v) is 6.15. The molecule has 2 bridgehead atoms. The number of hydrogen-bond donors (Lipinski definition) is 1. The van der Waals surface area contributed by atoms with Crippen molar-refractivity contribution in [1.29, 1.82) is 0 Å². The molecule has 5 aliphatic rings. The van der Waals surface area contributed by atoms with E-state index in [4.69, 9.17) is 4.74 Å². The minimum Gasteiger partial charge on any atom is -0.507 e. The lowest BCUT2D eigenvalue weighted by Crippen LogP contribution is -2.50. The number of aromatic hydroxyl groups is 1. The van der Waals surface area contributed by atoms with Crippen molar-refractivity contribution in [2.45, 2.75) is 77.2 Å². The lowest BCUT2D eigenvalue weighted by atomic mass is 9.74. The van der Waals surface area contributed by atoms with E-state index in [0.29, 0.717) is 11.7 Å². The van der Waals surface area contributed by atoms with Crippen LogP contribution in [0.1, 0.15) is 76.3 Å². The molecule has 0 unspecified atom stereocenters. The first-order valence-corrected chi connectivity index (χ1v) is 11.1. The Morgan fingerprint density at radius 1 is 1.11 bits per heavy atom. The van der Waals surface area contributed by atoms with E-state index in [1.165, 1.54) is 68.2 Å². The summed E-state index contributed by atoms with van der Waals surface area (Å²) < 4.78 is 6.48. The van der Waals surface area contributed by atoms with Crippen LogP contribution in [0, 0.1) is 11.8 Å². The topological polar surface area (TPSA) is 32.7 Å². The third-order valence-electron chi connectivity index (χ3n) is 7.37. The predicted molar refractivity (Wildman–Crippen MR) is 109 cm³/mol. The summed E-state index contributed by atoms with van der Waals surface area (Å²) in [5, 5.41) is 11.0. The SMILES string of the molecule is CC1(C)Oc2cc(CCCC3CCCC3)cc(O)c2C2=C1N1CCC2CC1. The van der Waals surface area contributed by atoms with Crippen molar-refractivity contribution >= 4 is 5.57 Å². The zero-order valence-electron chi connectivity index (χ0n) is 16.9. The zero-order valence-corrected chi connectivity index (χ0v) is 16.9. The monoisotopic (exact) mass is 367 g/mol. The molecule has 6 rings (SSSR count). The van der Waals surface area contributed by atoms with E-state index < -0.39 is 0 Å². The highest BCUT2D eigenvalue weighted by atomic mass is 16.5. The lowest BCUT2D eigenvalue weighted by molar-refractivity contribution is 0.0769. The number of allylic oxidation sites excluding steroid dienone is 1. The number of fused-ring (bicyclic) bond motifs is 3. The van der Waals surface area contributed by atoms with Gasteiger partial charge < -0.3 is 14.7 Å². The van der Waals surface area contributed by atoms with Crippen LogP contribution in [0.2, 0.25) is 0 Å². The molecule has 0 atom stereocenters. The van der Waals surface area contributed by atoms with Crippen LogP contribution in [0.3, 0.4) is 0 Å². The molecule has 4 aliphatic heterocycles. The summed E-state index contributed by atoms with van der Waals surface area (Å²) in [7, 11) is 0. The molecule has 1 aromatic carbocycles. The number of piperidine rings is 1. The first kappa shape index (κ1) is 17.5. The van der Waals surface area contributed by atoms with Crippen LogP contribution in [-0.4, -0.2) is 28.7 Å². The van der Waals surface area contributed by atoms with Crippen molar-refractivity contribution in [3.8, 4) is 11.5 Å². The number of nitrogens with zero attached hydrogens (tertiary/aromatic N) is 1. The summed E-state index contributed by atoms with van der Waals surface area (Å²) in [6.07, 6.45) is 11.7. The molecule has 3 nitrogen and oxygen atoms in total. The maximum Gasteiger partial charge on any atom is 0.143 e. The molecule has 1 saturated carbocycles. The number of phenolic OH excluding ortho intramolecular Hbond substituents is 1. The Morgan fingerprint density at radius 2 is 1.85 bits per heavy atom. The Hall–Kier alpha value is -1.64. The van der Waals surface area contributed by atoms with Crippen molar-refractivity contribution < 1.29 is 9.84 Å². The molecule has 1 aliphatic carbocycles. The highest BCUT2D eigenvalue weighted by Gasteiger charge is 2.46. The van der Waals surface area contributed by atoms with E-state index in [2.05, 4.69) is 24.8 Å². The first-order chi connectivity index (χ1) is 13.0. The minimum atomic E-state index is -0.309. The standard InChI is InChI=1S/C24H33NO2/c1-24(2)23-21(18-10-12-25(23)13-11-18)22-19(26)14-17(15-20(22)27-24)9-5-8-16-6-3-4-7-16/h14-16,18,26H,3-13H2,1-2H3. The largest absolute Gasteiger partial charge is 0.507 e. The molecular weight excluding hydrogens is 334 g/mol. The number of benzene rings is 1. The maximum atomic E-state index is 11.0. The van der Waals surface area contributed by atoms with E-state index in [1.54, 1.807) is 0 Å². The van der Waals surface area contributed by atoms with Crippen LogP contribution in [0.5, 0.6) is 11.5 Å². The van der Waals surface area contributed by atoms with E-state index in [0.717, 1.165) is 36.7 Å². The molecule has 146 valence electrons. The Balaban J connectivity index is 1.44. The third-order valence-corrected chi connectivity index (χ3v) is 7.37. The normalized spacial score (nSPS) is 24.1. The van der Waals surface area contributed by atoms with Crippen LogP contribution in [0.4, 0.5) is 0 Å². The van der Waals surface area contributed by atoms with Crippen molar-refractivity contribution in [2.75, 3.05) is 13.1 Å². The molecule has 1 saturated heterocycles. The van der Waals surface area contributed by atoms with Gasteiger partial charge in [0.2, 0.25) is 0 Å². The minimum absolute atomic E-state index is 0.309. The highest BCUT2D eigenvalue weighted by Crippen LogP contribution is 2.54. The second kappa shape index (κ2) is 6.46. The number of rotatable bonds is 4. The molecule has 0 radical (unpaired) electrons. The van der Waals surface area contributed by atoms with E-state index in [-0.39, 0.29) is 5.60 Å². The second-order valence-corrected chi connectivity index (χ2v) is 9.67. The van der Waals surface area contributed by atoms with Crippen LogP contribution in [0.15, 0.2) is 17.8 Å². The van der Waals surface area contributed by atoms with Gasteiger partial charge in [0, 0.05) is 13.1 Å². The number of ether oxygens (including phenoxy) is 1. The van der Waals surface area contributed by atoms with Crippen LogP contribution < -0.4 is 4.74 Å². The van der Waals surface area contributed by atoms with Crippen LogP contribution in [-0.2, 0) is 6.42 Å². The average molecular weight is 368 g/mol. The van der Waals surface area contributed by atoms with Crippen LogP contribution in [0.25, 0.3) is 5.57 Å². The fourth-order valence-electron chi connectivity index (χ4n) is 6.15. The molecule has 0 spiro atoms. The van der Waals surface area contributed by atoms with Gasteiger partial charge in [-0.1, -0.05) is 32.1 Å². The molecule has 27 heavy (non-hydrogen) atoms. The van der Waals surface area contributed by atoms with Crippen LogP contribution >= 0.6 is 0 Å². The van der Waals surface area contributed by atoms with Crippen molar-refractivity contribution in [1.82, 2.24) is 4.90 Å². The molecule has 3 heteroatoms. The summed E-state index contributed by atoms with van der Waals surface area (Å²) in [5.74, 6) is 2.85. The summed E-state index contributed by atoms with van der Waals surface area (Å²) in [4.78, 5) is 2.49. The molecule has 0 amide bonds. The van der Waals surface area contributed by atoms with E-state index in [1.807, 2.05) is 6.07 Å². The molecule has 2 fully saturated rings. The second-order valence-electron chi connectivity index (χ2n) is 9.67. The predicted octanol–water partition coefficient (Wildman–Crippen LogP) is 5.51. The summed E-state index contributed by atoms with van der Waals surface area (Å²) in [6, 6.07) is 4.23. The van der Waals surface area contributed by atoms with Crippen molar-refractivity contribution in [3.63, 3.8) is 0 Å². The Labute approximate surface area is 163 Å². The lowest BCUT2D eigenvalue weighted by Gasteiger charge is -2.51. The van der Waals surface area contributed by atoms with Gasteiger partial charge in [0.15, 0.2) is 0 Å². The van der Waals surface area contributed by atoms with Gasteiger partial charge >= 0.3 is 0 Å². The van der Waals surface area contributed by atoms with Gasteiger partial charge in [-0.3, -0.25) is 0 Å². The maximum absolute atomic E-state index is 11.0. The average Bonchev–Trinajstić information content (AvgIpc) is 3.15. The van der Waals surface area contributed by atoms with Crippen molar-refractivity contribution in [2.24, 2.45) is 11.8 Å². The highest BCUT2D eigenvalue weighted by molar-refractivity contribution is 5.82. The fraction of sp³-hybridized carbons (Fsp3) is 0.667. The summed E-state index contributed by atoms with van der Waals surface area (Å²) in [6.45, 7) is 6.64. The smallest absolute Gasteiger partial charge is 0.143 e. The van der Waals surface area contributed by atoms with Gasteiger partial charge in [0.1, 0.15) is 17.1 Å². The summed E-state index contributed by atoms with van der Waals surface area (Å²) in [5.41, 5.74) is 4.59. The molecular formula is C24H33NO2. The van der Waals surface area contributed by atoms with Gasteiger partial charge in [0.25, 0.3) is 0 Å². The molecule has 4 heterocycles. The number of phenols is 1. The molecule has 0 aromatic heterocycles. The first-order valence-electron chi connectivity index (χ1n) is 11.1. The van der Waals surface area contributed by atoms with E-state index >= 15 is 0 Å². The van der Waals surface area contributed by atoms with Gasteiger partial charge in [0.05, 0.1) is 11.3 Å². The summed E-state index contributed by atoms with van der Waals surface area (Å²) >= 11 is 0. The van der Waals surface area contributed by atoms with Crippen molar-refractivity contribution in [3.05, 3.63) is 29.0 Å². The van der Waals surface area contributed by atoms with Gasteiger partial charge in [-0.15, -0.1) is 0 Å². The van der Waals surface area contributed by atoms with Gasteiger partial charge in [-0.2, -0.15) is 0 Å². The van der Waals surface area contributed by atoms with Gasteiger partial charge in [-0.25, -0.2) is 0 Å². The Kier molecular flexibility index (Phi) is 4.18. The molecule has 1 N–H and O–H groups in total. The van der Waals surface area contributed by atoms with E-state index in [9.17, 15) is 5.11 Å². The Bertz CT molecular complexity index is 765. The number of hydrogen-bond acceptors (Lipinski definition) is 3. The zero-order chi connectivity index (χ0) is 18.6. The number of aryl methyl sites for hydroxylation is 1. The third kappa shape index (κ3) is 2.94. The Morgan fingerprint density at radius 3 is 2.59 bits per heavy atom. The quantitative estimate of drug-likeness (QED) is 0.761.